The zero-order chi connectivity index (χ0) is 16.1. The number of nitrogens with zero attached hydrogens (tertiary/aromatic N) is 3. The largest absolute Gasteiger partial charge is 0.392 e. The van der Waals surface area contributed by atoms with E-state index in [0.29, 0.717) is 12.0 Å². The van der Waals surface area contributed by atoms with Crippen LogP contribution in [0.2, 0.25) is 0 Å². The molecule has 3 aliphatic heterocycles. The highest BCUT2D eigenvalue weighted by atomic mass is 16.3. The quantitative estimate of drug-likeness (QED) is 0.831. The van der Waals surface area contributed by atoms with Crippen LogP contribution in [0, 0.1) is 11.8 Å². The van der Waals surface area contributed by atoms with Crippen molar-refractivity contribution in [3.05, 3.63) is 0 Å². The van der Waals surface area contributed by atoms with Crippen molar-refractivity contribution < 1.29 is 9.90 Å². The molecular weight excluding hydrogens is 278 g/mol. The minimum Gasteiger partial charge on any atom is -0.392 e. The molecule has 0 saturated carbocycles. The molecule has 3 aliphatic rings. The highest BCUT2D eigenvalue weighted by Crippen LogP contribution is 2.39. The summed E-state index contributed by atoms with van der Waals surface area (Å²) in [6, 6.07) is 0.457. The summed E-state index contributed by atoms with van der Waals surface area (Å²) in [7, 11) is 0. The summed E-state index contributed by atoms with van der Waals surface area (Å²) >= 11 is 0. The molecular formula is C17H31N3O2. The number of fused-ring (bicyclic) bond motifs is 2. The number of rotatable bonds is 3. The maximum absolute atomic E-state index is 12.2. The molecule has 3 saturated heterocycles. The summed E-state index contributed by atoms with van der Waals surface area (Å²) in [6.45, 7) is 14.1. The number of aliphatic hydroxyl groups is 1. The van der Waals surface area contributed by atoms with E-state index in [0.717, 1.165) is 45.7 Å². The minimum atomic E-state index is -0.198. The minimum absolute atomic E-state index is 0.0765. The predicted molar refractivity (Wildman–Crippen MR) is 86.5 cm³/mol. The lowest BCUT2D eigenvalue weighted by molar-refractivity contribution is -0.159. The van der Waals surface area contributed by atoms with Crippen LogP contribution >= 0.6 is 0 Å². The lowest BCUT2D eigenvalue weighted by Crippen LogP contribution is -2.79. The van der Waals surface area contributed by atoms with Gasteiger partial charge in [0.25, 0.3) is 0 Å². The van der Waals surface area contributed by atoms with Gasteiger partial charge < -0.3 is 10.0 Å². The number of amides is 1. The first-order chi connectivity index (χ1) is 10.3. The van der Waals surface area contributed by atoms with Crippen molar-refractivity contribution in [3.63, 3.8) is 0 Å². The molecule has 5 heteroatoms. The number of likely N-dealkylation sites (tertiary alicyclic amines) is 1. The summed E-state index contributed by atoms with van der Waals surface area (Å²) in [4.78, 5) is 19.3. The third-order valence-corrected chi connectivity index (χ3v) is 5.39. The number of β-amino-alcohol motifs (C(OH)–C–C–N with tert-alkyl or cyclic N) is 1. The Morgan fingerprint density at radius 1 is 1.18 bits per heavy atom. The van der Waals surface area contributed by atoms with Crippen molar-refractivity contribution in [2.45, 2.75) is 51.8 Å². The Kier molecular flexibility index (Phi) is 4.25. The molecule has 0 aromatic rings. The van der Waals surface area contributed by atoms with Crippen molar-refractivity contribution in [1.82, 2.24) is 14.7 Å². The van der Waals surface area contributed by atoms with Gasteiger partial charge in [0.05, 0.1) is 11.6 Å². The zero-order valence-electron chi connectivity index (χ0n) is 14.5. The van der Waals surface area contributed by atoms with E-state index in [2.05, 4.69) is 23.6 Å². The van der Waals surface area contributed by atoms with Gasteiger partial charge in [0.1, 0.15) is 0 Å². The number of carbonyl (C=O) groups is 1. The lowest BCUT2D eigenvalue weighted by Gasteiger charge is -2.61. The second-order valence-electron chi connectivity index (χ2n) is 8.36. The SMILES string of the molecule is CC(C)CN1C[C@H]2C[C@@H](O)CN2C2(C1)CN(C(=O)C(C)C)C2. The maximum Gasteiger partial charge on any atom is 0.225 e. The molecule has 126 valence electrons. The van der Waals surface area contributed by atoms with Gasteiger partial charge in [0.15, 0.2) is 0 Å². The van der Waals surface area contributed by atoms with Crippen LogP contribution in [0.15, 0.2) is 0 Å². The van der Waals surface area contributed by atoms with E-state index in [1.54, 1.807) is 0 Å². The molecule has 0 aromatic carbocycles. The monoisotopic (exact) mass is 309 g/mol. The fourth-order valence-electron chi connectivity index (χ4n) is 4.64. The van der Waals surface area contributed by atoms with Crippen LogP contribution in [0.1, 0.15) is 34.1 Å². The zero-order valence-corrected chi connectivity index (χ0v) is 14.5. The summed E-state index contributed by atoms with van der Waals surface area (Å²) in [5.41, 5.74) is 0.0832. The van der Waals surface area contributed by atoms with Crippen molar-refractivity contribution in [1.29, 1.82) is 0 Å². The first kappa shape index (κ1) is 16.2. The molecule has 5 nitrogen and oxygen atoms in total. The van der Waals surface area contributed by atoms with E-state index in [9.17, 15) is 9.90 Å². The van der Waals surface area contributed by atoms with Gasteiger partial charge in [-0.3, -0.25) is 14.6 Å². The molecule has 0 unspecified atom stereocenters. The topological polar surface area (TPSA) is 47.0 Å². The molecule has 0 bridgehead atoms. The Morgan fingerprint density at radius 2 is 1.86 bits per heavy atom. The lowest BCUT2D eigenvalue weighted by atomic mass is 9.83. The molecule has 3 fully saturated rings. The summed E-state index contributed by atoms with van der Waals surface area (Å²) in [5, 5.41) is 10.1. The summed E-state index contributed by atoms with van der Waals surface area (Å²) in [5.74, 6) is 0.999. The van der Waals surface area contributed by atoms with Gasteiger partial charge in [-0.2, -0.15) is 0 Å². The fourth-order valence-corrected chi connectivity index (χ4v) is 4.64. The Balaban J connectivity index is 1.72. The average Bonchev–Trinajstić information content (AvgIpc) is 2.73. The van der Waals surface area contributed by atoms with Crippen molar-refractivity contribution in [2.75, 3.05) is 39.3 Å². The predicted octanol–water partition coefficient (Wildman–Crippen LogP) is 0.630. The molecule has 0 aliphatic carbocycles. The molecule has 1 N–H and O–H groups in total. The highest BCUT2D eigenvalue weighted by molar-refractivity contribution is 5.79. The molecule has 22 heavy (non-hydrogen) atoms. The van der Waals surface area contributed by atoms with Gasteiger partial charge in [-0.15, -0.1) is 0 Å². The van der Waals surface area contributed by atoms with Crippen molar-refractivity contribution >= 4 is 5.91 Å². The smallest absolute Gasteiger partial charge is 0.225 e. The second kappa shape index (κ2) is 5.77. The first-order valence-corrected chi connectivity index (χ1v) is 8.77. The van der Waals surface area contributed by atoms with Crippen LogP contribution in [-0.2, 0) is 4.79 Å². The fraction of sp³-hybridized carbons (Fsp3) is 0.941. The Bertz CT molecular complexity index is 432. The van der Waals surface area contributed by atoms with Gasteiger partial charge in [-0.25, -0.2) is 0 Å². The third kappa shape index (κ3) is 2.79. The van der Waals surface area contributed by atoms with Gasteiger partial charge >= 0.3 is 0 Å². The second-order valence-corrected chi connectivity index (χ2v) is 8.36. The van der Waals surface area contributed by atoms with Crippen molar-refractivity contribution in [2.24, 2.45) is 11.8 Å². The maximum atomic E-state index is 12.2. The van der Waals surface area contributed by atoms with Crippen LogP contribution in [0.25, 0.3) is 0 Å². The van der Waals surface area contributed by atoms with Crippen LogP contribution in [0.5, 0.6) is 0 Å². The normalized spacial score (nSPS) is 31.9. The summed E-state index contributed by atoms with van der Waals surface area (Å²) < 4.78 is 0. The average molecular weight is 309 g/mol. The van der Waals surface area contributed by atoms with Gasteiger partial charge in [0, 0.05) is 51.2 Å². The molecule has 3 rings (SSSR count). The molecule has 0 radical (unpaired) electrons. The molecule has 0 aromatic heterocycles. The van der Waals surface area contributed by atoms with E-state index in [-0.39, 0.29) is 23.5 Å². The van der Waals surface area contributed by atoms with E-state index < -0.39 is 0 Å². The van der Waals surface area contributed by atoms with Gasteiger partial charge in [-0.1, -0.05) is 27.7 Å². The number of piperazine rings is 1. The van der Waals surface area contributed by atoms with Crippen LogP contribution < -0.4 is 0 Å². The Labute approximate surface area is 134 Å². The molecule has 3 heterocycles. The number of hydrogen-bond acceptors (Lipinski definition) is 4. The Morgan fingerprint density at radius 3 is 2.45 bits per heavy atom. The standard InChI is InChI=1S/C17H31N3O2/c1-12(2)6-18-7-14-5-15(21)8-20(14)17(9-18)10-19(11-17)16(22)13(3)4/h12-15,21H,5-11H2,1-4H3/t14-,15-/m1/s1. The number of carbonyl (C=O) groups excluding carboxylic acids is 1. The van der Waals surface area contributed by atoms with E-state index in [4.69, 9.17) is 0 Å². The third-order valence-electron chi connectivity index (χ3n) is 5.39. The van der Waals surface area contributed by atoms with E-state index in [1.165, 1.54) is 0 Å². The van der Waals surface area contributed by atoms with Crippen LogP contribution in [0.3, 0.4) is 0 Å². The van der Waals surface area contributed by atoms with Gasteiger partial charge in [-0.05, 0) is 12.3 Å². The van der Waals surface area contributed by atoms with E-state index >= 15 is 0 Å². The molecule has 1 amide bonds. The number of hydrogen-bond donors (Lipinski definition) is 1. The molecule has 2 atom stereocenters. The molecule has 1 spiro atoms. The van der Waals surface area contributed by atoms with Crippen molar-refractivity contribution in [3.8, 4) is 0 Å². The highest BCUT2D eigenvalue weighted by Gasteiger charge is 2.57. The Hall–Kier alpha value is -0.650. The van der Waals surface area contributed by atoms with Crippen LogP contribution in [-0.4, -0.2) is 82.7 Å². The van der Waals surface area contributed by atoms with E-state index in [1.807, 2.05) is 18.7 Å². The summed E-state index contributed by atoms with van der Waals surface area (Å²) in [6.07, 6.45) is 0.685. The van der Waals surface area contributed by atoms with Gasteiger partial charge in [0.2, 0.25) is 5.91 Å². The first-order valence-electron chi connectivity index (χ1n) is 8.77. The number of aliphatic hydroxyl groups excluding tert-OH is 1. The van der Waals surface area contributed by atoms with Crippen LogP contribution in [0.4, 0.5) is 0 Å².